The van der Waals surface area contributed by atoms with Crippen LogP contribution in [0.5, 0.6) is 11.5 Å². The van der Waals surface area contributed by atoms with Gasteiger partial charge in [-0.25, -0.2) is 0 Å². The lowest BCUT2D eigenvalue weighted by molar-refractivity contribution is 0.485. The summed E-state index contributed by atoms with van der Waals surface area (Å²) in [6.07, 6.45) is 9.09. The molecule has 0 atom stereocenters. The highest BCUT2D eigenvalue weighted by molar-refractivity contribution is 5.64. The normalized spacial score (nSPS) is 14.9. The summed E-state index contributed by atoms with van der Waals surface area (Å²) in [4.78, 5) is 4.59. The highest BCUT2D eigenvalue weighted by Gasteiger charge is 2.14. The van der Waals surface area contributed by atoms with Gasteiger partial charge in [0, 0.05) is 6.04 Å². The van der Waals surface area contributed by atoms with Crippen LogP contribution in [-0.4, -0.2) is 21.2 Å². The molecule has 6 nitrogen and oxygen atoms in total. The Morgan fingerprint density at radius 3 is 2.43 bits per heavy atom. The second-order valence-corrected chi connectivity index (χ2v) is 7.03. The van der Waals surface area contributed by atoms with E-state index in [-0.39, 0.29) is 0 Å². The molecular formula is C22H25N5O. The molecule has 1 fully saturated rings. The third kappa shape index (κ3) is 4.97. The molecule has 4 rings (SSSR count). The van der Waals surface area contributed by atoms with E-state index in [4.69, 9.17) is 4.74 Å². The van der Waals surface area contributed by atoms with Crippen molar-refractivity contribution in [3.63, 3.8) is 0 Å². The summed E-state index contributed by atoms with van der Waals surface area (Å²) >= 11 is 0. The molecule has 0 saturated heterocycles. The van der Waals surface area contributed by atoms with Crippen LogP contribution in [0.1, 0.15) is 38.5 Å². The van der Waals surface area contributed by atoms with Crippen LogP contribution in [0.15, 0.2) is 60.8 Å². The van der Waals surface area contributed by atoms with Gasteiger partial charge in [-0.2, -0.15) is 10.1 Å². The minimum absolute atomic E-state index is 0.424. The predicted octanol–water partition coefficient (Wildman–Crippen LogP) is 5.54. The van der Waals surface area contributed by atoms with Crippen LogP contribution in [0.3, 0.4) is 0 Å². The van der Waals surface area contributed by atoms with Gasteiger partial charge >= 0.3 is 0 Å². The number of para-hydroxylation sites is 3. The van der Waals surface area contributed by atoms with E-state index in [1.807, 2.05) is 54.6 Å². The number of hydrogen-bond donors (Lipinski definition) is 2. The Morgan fingerprint density at radius 2 is 1.61 bits per heavy atom. The molecule has 0 spiro atoms. The molecule has 2 aromatic carbocycles. The summed E-state index contributed by atoms with van der Waals surface area (Å²) < 4.78 is 6.01. The molecule has 0 bridgehead atoms. The number of aromatic nitrogens is 3. The summed E-state index contributed by atoms with van der Waals surface area (Å²) in [6, 6.07) is 17.9. The highest BCUT2D eigenvalue weighted by atomic mass is 16.5. The van der Waals surface area contributed by atoms with E-state index < -0.39 is 0 Å². The second-order valence-electron chi connectivity index (χ2n) is 7.03. The maximum absolute atomic E-state index is 6.01. The third-order valence-electron chi connectivity index (χ3n) is 4.87. The third-order valence-corrected chi connectivity index (χ3v) is 4.87. The van der Waals surface area contributed by atoms with Crippen molar-refractivity contribution in [3.8, 4) is 11.5 Å². The largest absolute Gasteiger partial charge is 0.455 e. The zero-order chi connectivity index (χ0) is 19.0. The first-order chi connectivity index (χ1) is 13.9. The summed E-state index contributed by atoms with van der Waals surface area (Å²) in [5.74, 6) is 2.72. The fourth-order valence-corrected chi connectivity index (χ4v) is 3.44. The molecule has 1 heterocycles. The number of hydrogen-bond acceptors (Lipinski definition) is 6. The van der Waals surface area contributed by atoms with Gasteiger partial charge in [0.2, 0.25) is 5.95 Å². The van der Waals surface area contributed by atoms with Crippen molar-refractivity contribution in [2.24, 2.45) is 0 Å². The molecule has 144 valence electrons. The second kappa shape index (κ2) is 9.17. The van der Waals surface area contributed by atoms with Crippen LogP contribution >= 0.6 is 0 Å². The fraction of sp³-hybridized carbons (Fsp3) is 0.318. The Balaban J connectivity index is 1.47. The van der Waals surface area contributed by atoms with Crippen molar-refractivity contribution in [2.75, 3.05) is 10.6 Å². The van der Waals surface area contributed by atoms with E-state index in [1.165, 1.54) is 25.7 Å². The molecule has 1 aromatic heterocycles. The van der Waals surface area contributed by atoms with Gasteiger partial charge in [0.1, 0.15) is 5.75 Å². The van der Waals surface area contributed by atoms with E-state index in [1.54, 1.807) is 6.20 Å². The van der Waals surface area contributed by atoms with Crippen LogP contribution in [-0.2, 0) is 0 Å². The molecule has 3 aromatic rings. The summed E-state index contributed by atoms with van der Waals surface area (Å²) in [6.45, 7) is 0. The van der Waals surface area contributed by atoms with Gasteiger partial charge in [-0.05, 0) is 37.1 Å². The van der Waals surface area contributed by atoms with Crippen molar-refractivity contribution in [1.29, 1.82) is 0 Å². The van der Waals surface area contributed by atoms with Crippen molar-refractivity contribution >= 4 is 17.5 Å². The molecule has 28 heavy (non-hydrogen) atoms. The first-order valence-electron chi connectivity index (χ1n) is 9.92. The van der Waals surface area contributed by atoms with E-state index in [9.17, 15) is 0 Å². The van der Waals surface area contributed by atoms with Gasteiger partial charge in [-0.3, -0.25) is 0 Å². The molecule has 0 aliphatic heterocycles. The Bertz CT molecular complexity index is 879. The lowest BCUT2D eigenvalue weighted by atomic mass is 10.1. The Morgan fingerprint density at radius 1 is 0.857 bits per heavy atom. The van der Waals surface area contributed by atoms with Crippen LogP contribution in [0.2, 0.25) is 0 Å². The van der Waals surface area contributed by atoms with Crippen LogP contribution in [0, 0.1) is 0 Å². The minimum Gasteiger partial charge on any atom is -0.455 e. The number of anilines is 3. The van der Waals surface area contributed by atoms with Crippen LogP contribution in [0.25, 0.3) is 0 Å². The van der Waals surface area contributed by atoms with Crippen molar-refractivity contribution in [1.82, 2.24) is 15.2 Å². The first kappa shape index (κ1) is 18.2. The number of rotatable bonds is 6. The molecule has 2 N–H and O–H groups in total. The number of nitrogens with zero attached hydrogens (tertiary/aromatic N) is 3. The Hall–Kier alpha value is -3.15. The molecule has 0 radical (unpaired) electrons. The van der Waals surface area contributed by atoms with Crippen molar-refractivity contribution in [2.45, 2.75) is 44.6 Å². The maximum Gasteiger partial charge on any atom is 0.244 e. The SMILES string of the molecule is c1ccc(Oc2ccccc2Nc2cnnc(NC3CCCCCC3)n2)cc1. The van der Waals surface area contributed by atoms with Crippen LogP contribution in [0.4, 0.5) is 17.5 Å². The average molecular weight is 375 g/mol. The molecule has 1 aliphatic carbocycles. The zero-order valence-corrected chi connectivity index (χ0v) is 15.8. The predicted molar refractivity (Wildman–Crippen MR) is 111 cm³/mol. The van der Waals surface area contributed by atoms with E-state index in [2.05, 4.69) is 25.8 Å². The van der Waals surface area contributed by atoms with Gasteiger partial charge in [0.25, 0.3) is 0 Å². The van der Waals surface area contributed by atoms with E-state index in [0.717, 1.165) is 30.0 Å². The fourth-order valence-electron chi connectivity index (χ4n) is 3.44. The monoisotopic (exact) mass is 375 g/mol. The number of nitrogens with one attached hydrogen (secondary N) is 2. The molecule has 6 heteroatoms. The Labute approximate surface area is 165 Å². The molecule has 0 unspecified atom stereocenters. The van der Waals surface area contributed by atoms with Crippen molar-refractivity contribution in [3.05, 3.63) is 60.8 Å². The number of benzene rings is 2. The van der Waals surface area contributed by atoms with E-state index in [0.29, 0.717) is 17.8 Å². The molecule has 0 amide bonds. The lowest BCUT2D eigenvalue weighted by Gasteiger charge is -2.16. The van der Waals surface area contributed by atoms with Gasteiger partial charge in [-0.15, -0.1) is 5.10 Å². The van der Waals surface area contributed by atoms with Gasteiger partial charge in [-0.1, -0.05) is 56.0 Å². The molecular weight excluding hydrogens is 350 g/mol. The number of ether oxygens (including phenoxy) is 1. The summed E-state index contributed by atoms with van der Waals surface area (Å²) in [5.41, 5.74) is 0.826. The maximum atomic E-state index is 6.01. The van der Waals surface area contributed by atoms with Gasteiger partial charge in [0.15, 0.2) is 11.6 Å². The lowest BCUT2D eigenvalue weighted by Crippen LogP contribution is -2.20. The zero-order valence-electron chi connectivity index (χ0n) is 15.8. The molecule has 1 aliphatic rings. The topological polar surface area (TPSA) is 72.0 Å². The van der Waals surface area contributed by atoms with E-state index >= 15 is 0 Å². The Kier molecular flexibility index (Phi) is 5.97. The van der Waals surface area contributed by atoms with Gasteiger partial charge < -0.3 is 15.4 Å². The minimum atomic E-state index is 0.424. The summed E-state index contributed by atoms with van der Waals surface area (Å²) in [7, 11) is 0. The highest BCUT2D eigenvalue weighted by Crippen LogP contribution is 2.31. The smallest absolute Gasteiger partial charge is 0.244 e. The first-order valence-corrected chi connectivity index (χ1v) is 9.92. The quantitative estimate of drug-likeness (QED) is 0.551. The standard InChI is InChI=1S/C22H25N5O/c1-2-5-11-17(10-4-1)24-22-26-21(16-23-27-22)25-19-14-8-9-15-20(19)28-18-12-6-3-7-13-18/h3,6-9,12-17H,1-2,4-5,10-11H2,(H2,24,25,26,27). The van der Waals surface area contributed by atoms with Crippen molar-refractivity contribution < 1.29 is 4.74 Å². The summed E-state index contributed by atoms with van der Waals surface area (Å²) in [5, 5.41) is 15.0. The van der Waals surface area contributed by atoms with Crippen LogP contribution < -0.4 is 15.4 Å². The molecule has 1 saturated carbocycles. The average Bonchev–Trinajstić information content (AvgIpc) is 2.99. The van der Waals surface area contributed by atoms with Gasteiger partial charge in [0.05, 0.1) is 11.9 Å².